The molecule has 140 valence electrons. The lowest BCUT2D eigenvalue weighted by Gasteiger charge is -2.15. The molecule has 0 saturated heterocycles. The van der Waals surface area contributed by atoms with Crippen LogP contribution < -0.4 is 10.4 Å². The summed E-state index contributed by atoms with van der Waals surface area (Å²) in [6.07, 6.45) is 2.14. The van der Waals surface area contributed by atoms with Gasteiger partial charge in [-0.25, -0.2) is 9.78 Å². The van der Waals surface area contributed by atoms with E-state index in [4.69, 9.17) is 4.74 Å². The van der Waals surface area contributed by atoms with Gasteiger partial charge in [-0.2, -0.15) is 4.98 Å². The van der Waals surface area contributed by atoms with Crippen LogP contribution in [0, 0.1) is 13.8 Å². The quantitative estimate of drug-likeness (QED) is 0.690. The van der Waals surface area contributed by atoms with Crippen LogP contribution >= 0.6 is 0 Å². The van der Waals surface area contributed by atoms with Crippen LogP contribution in [0.4, 0.5) is 0 Å². The van der Waals surface area contributed by atoms with Crippen LogP contribution in [0.25, 0.3) is 22.8 Å². The lowest BCUT2D eigenvalue weighted by molar-refractivity contribution is 0.193. The highest BCUT2D eigenvalue weighted by Crippen LogP contribution is 2.25. The lowest BCUT2D eigenvalue weighted by atomic mass is 10.0. The van der Waals surface area contributed by atoms with Crippen molar-refractivity contribution in [2.45, 2.75) is 46.6 Å². The smallest absolute Gasteiger partial charge is 0.348 e. The number of nitrogens with zero attached hydrogens (tertiary/aromatic N) is 2. The number of benzene rings is 2. The van der Waals surface area contributed by atoms with Crippen LogP contribution in [-0.2, 0) is 0 Å². The third-order valence-electron chi connectivity index (χ3n) is 4.69. The zero-order chi connectivity index (χ0) is 19.4. The van der Waals surface area contributed by atoms with E-state index in [1.807, 2.05) is 56.3 Å². The zero-order valence-electron chi connectivity index (χ0n) is 16.2. The minimum Gasteiger partial charge on any atom is -0.490 e. The summed E-state index contributed by atoms with van der Waals surface area (Å²) in [7, 11) is 0. The van der Waals surface area contributed by atoms with Gasteiger partial charge in [0.05, 0.1) is 6.10 Å². The molecule has 5 heteroatoms. The third kappa shape index (κ3) is 4.25. The van der Waals surface area contributed by atoms with Gasteiger partial charge in [-0.3, -0.25) is 4.98 Å². The summed E-state index contributed by atoms with van der Waals surface area (Å²) in [6, 6.07) is 13.6. The Morgan fingerprint density at radius 2 is 1.59 bits per heavy atom. The van der Waals surface area contributed by atoms with E-state index in [9.17, 15) is 4.79 Å². The molecule has 0 amide bonds. The van der Waals surface area contributed by atoms with E-state index >= 15 is 0 Å². The van der Waals surface area contributed by atoms with Crippen molar-refractivity contribution in [3.63, 3.8) is 0 Å². The lowest BCUT2D eigenvalue weighted by Crippen LogP contribution is -2.15. The fraction of sp³-hybridized carbons (Fsp3) is 0.318. The van der Waals surface area contributed by atoms with Crippen molar-refractivity contribution in [3.05, 3.63) is 64.1 Å². The van der Waals surface area contributed by atoms with Gasteiger partial charge < -0.3 is 4.74 Å². The van der Waals surface area contributed by atoms with Crippen molar-refractivity contribution in [2.24, 2.45) is 0 Å². The van der Waals surface area contributed by atoms with Crippen molar-refractivity contribution < 1.29 is 4.74 Å². The molecular weight excluding hydrogens is 338 g/mol. The first-order valence-corrected chi connectivity index (χ1v) is 9.33. The molecule has 0 atom stereocenters. The zero-order valence-corrected chi connectivity index (χ0v) is 16.2. The highest BCUT2D eigenvalue weighted by molar-refractivity contribution is 5.66. The van der Waals surface area contributed by atoms with Crippen LogP contribution in [0.15, 0.2) is 47.3 Å². The molecule has 0 aliphatic heterocycles. The second kappa shape index (κ2) is 8.16. The molecule has 27 heavy (non-hydrogen) atoms. The predicted octanol–water partition coefficient (Wildman–Crippen LogP) is 4.68. The standard InChI is InChI=1S/C22H25N3O2/c1-5-17(6-2)27-18-12-10-16(11-13-18)20-23-21(25-22(26)24-20)19-14(3)8-7-9-15(19)4/h7-13,17H,5-6H2,1-4H3,(H,23,24,25,26). The Morgan fingerprint density at radius 1 is 0.963 bits per heavy atom. The number of aryl methyl sites for hydroxylation is 2. The highest BCUT2D eigenvalue weighted by atomic mass is 16.5. The highest BCUT2D eigenvalue weighted by Gasteiger charge is 2.12. The van der Waals surface area contributed by atoms with Gasteiger partial charge in [-0.1, -0.05) is 32.0 Å². The second-order valence-corrected chi connectivity index (χ2v) is 6.67. The van der Waals surface area contributed by atoms with E-state index in [0.717, 1.165) is 40.8 Å². The summed E-state index contributed by atoms with van der Waals surface area (Å²) < 4.78 is 5.94. The molecule has 0 fully saturated rings. The van der Waals surface area contributed by atoms with Gasteiger partial charge in [-0.15, -0.1) is 0 Å². The van der Waals surface area contributed by atoms with Crippen molar-refractivity contribution in [2.75, 3.05) is 0 Å². The molecule has 0 unspecified atom stereocenters. The fourth-order valence-electron chi connectivity index (χ4n) is 3.15. The summed E-state index contributed by atoms with van der Waals surface area (Å²) in [4.78, 5) is 23.6. The number of hydrogen-bond donors (Lipinski definition) is 1. The average molecular weight is 363 g/mol. The van der Waals surface area contributed by atoms with Crippen molar-refractivity contribution >= 4 is 0 Å². The maximum Gasteiger partial charge on any atom is 0.348 e. The Bertz CT molecular complexity index is 953. The normalized spacial score (nSPS) is 11.0. The van der Waals surface area contributed by atoms with E-state index in [1.54, 1.807) is 0 Å². The number of rotatable bonds is 6. The summed E-state index contributed by atoms with van der Waals surface area (Å²) >= 11 is 0. The third-order valence-corrected chi connectivity index (χ3v) is 4.69. The van der Waals surface area contributed by atoms with E-state index < -0.39 is 5.69 Å². The number of aromatic nitrogens is 3. The molecule has 0 aliphatic rings. The number of H-pyrrole nitrogens is 1. The van der Waals surface area contributed by atoms with Crippen LogP contribution in [0.2, 0.25) is 0 Å². The first kappa shape index (κ1) is 18.8. The van der Waals surface area contributed by atoms with Gasteiger partial charge in [0.15, 0.2) is 5.82 Å². The van der Waals surface area contributed by atoms with Crippen LogP contribution in [-0.4, -0.2) is 21.1 Å². The summed E-state index contributed by atoms with van der Waals surface area (Å²) in [5.41, 5.74) is 3.43. The maximum atomic E-state index is 12.1. The molecular formula is C22H25N3O2. The molecule has 5 nitrogen and oxygen atoms in total. The molecule has 3 rings (SSSR count). The van der Waals surface area contributed by atoms with Gasteiger partial charge in [-0.05, 0) is 62.1 Å². The summed E-state index contributed by atoms with van der Waals surface area (Å²) in [5, 5.41) is 0. The first-order valence-electron chi connectivity index (χ1n) is 9.33. The molecule has 1 heterocycles. The number of hydrogen-bond acceptors (Lipinski definition) is 4. The van der Waals surface area contributed by atoms with E-state index in [-0.39, 0.29) is 6.10 Å². The fourth-order valence-corrected chi connectivity index (χ4v) is 3.15. The van der Waals surface area contributed by atoms with Gasteiger partial charge in [0.1, 0.15) is 11.6 Å². The first-order chi connectivity index (χ1) is 13.0. The van der Waals surface area contributed by atoms with Gasteiger partial charge in [0.25, 0.3) is 0 Å². The SMILES string of the molecule is CCC(CC)Oc1ccc(-c2nc(-c3c(C)cccc3C)[nH]c(=O)n2)cc1. The van der Waals surface area contributed by atoms with E-state index in [1.165, 1.54) is 0 Å². The minimum absolute atomic E-state index is 0.210. The van der Waals surface area contributed by atoms with Crippen LogP contribution in [0.3, 0.4) is 0 Å². The average Bonchev–Trinajstić information content (AvgIpc) is 2.66. The molecule has 1 N–H and O–H groups in total. The molecule has 0 radical (unpaired) electrons. The summed E-state index contributed by atoms with van der Waals surface area (Å²) in [6.45, 7) is 8.24. The Kier molecular flexibility index (Phi) is 5.69. The molecule has 0 spiro atoms. The van der Waals surface area contributed by atoms with E-state index in [2.05, 4.69) is 28.8 Å². The minimum atomic E-state index is -0.407. The molecule has 2 aromatic carbocycles. The molecule has 0 saturated carbocycles. The molecule has 1 aromatic heterocycles. The van der Waals surface area contributed by atoms with Crippen molar-refractivity contribution in [1.82, 2.24) is 15.0 Å². The van der Waals surface area contributed by atoms with Crippen LogP contribution in [0.1, 0.15) is 37.8 Å². The Morgan fingerprint density at radius 3 is 2.19 bits per heavy atom. The Balaban J connectivity index is 1.96. The molecule has 3 aromatic rings. The monoisotopic (exact) mass is 363 g/mol. The van der Waals surface area contributed by atoms with Gasteiger partial charge >= 0.3 is 5.69 Å². The second-order valence-electron chi connectivity index (χ2n) is 6.67. The van der Waals surface area contributed by atoms with E-state index in [0.29, 0.717) is 11.6 Å². The number of ether oxygens (including phenoxy) is 1. The maximum absolute atomic E-state index is 12.1. The Hall–Kier alpha value is -2.95. The predicted molar refractivity (Wildman–Crippen MR) is 108 cm³/mol. The van der Waals surface area contributed by atoms with Crippen molar-refractivity contribution in [3.8, 4) is 28.5 Å². The van der Waals surface area contributed by atoms with Gasteiger partial charge in [0, 0.05) is 11.1 Å². The topological polar surface area (TPSA) is 67.9 Å². The number of aromatic amines is 1. The Labute approximate surface area is 159 Å². The largest absolute Gasteiger partial charge is 0.490 e. The molecule has 0 bridgehead atoms. The van der Waals surface area contributed by atoms with Crippen LogP contribution in [0.5, 0.6) is 5.75 Å². The van der Waals surface area contributed by atoms with Crippen molar-refractivity contribution in [1.29, 1.82) is 0 Å². The molecule has 0 aliphatic carbocycles. The summed E-state index contributed by atoms with van der Waals surface area (Å²) in [5.74, 6) is 1.76. The van der Waals surface area contributed by atoms with Gasteiger partial charge in [0.2, 0.25) is 0 Å². The number of nitrogens with one attached hydrogen (secondary N) is 1.